The van der Waals surface area contributed by atoms with Crippen molar-refractivity contribution in [3.63, 3.8) is 0 Å². The summed E-state index contributed by atoms with van der Waals surface area (Å²) in [5, 5.41) is 21.5. The Morgan fingerprint density at radius 1 is 1.17 bits per heavy atom. The molecule has 0 bridgehead atoms. The van der Waals surface area contributed by atoms with Crippen LogP contribution in [0.15, 0.2) is 71.2 Å². The molecular weight excluding hydrogens is 387 g/mol. The summed E-state index contributed by atoms with van der Waals surface area (Å²) >= 11 is 0. The Labute approximate surface area is 171 Å². The van der Waals surface area contributed by atoms with E-state index in [0.29, 0.717) is 36.1 Å². The van der Waals surface area contributed by atoms with E-state index in [1.165, 1.54) is 35.2 Å². The van der Waals surface area contributed by atoms with Crippen molar-refractivity contribution in [3.05, 3.63) is 92.7 Å². The van der Waals surface area contributed by atoms with Crippen molar-refractivity contribution in [1.82, 2.24) is 0 Å². The van der Waals surface area contributed by atoms with E-state index in [1.807, 2.05) is 0 Å². The van der Waals surface area contributed by atoms with E-state index < -0.39 is 16.7 Å². The first-order valence-electron chi connectivity index (χ1n) is 9.39. The predicted molar refractivity (Wildman–Crippen MR) is 107 cm³/mol. The van der Waals surface area contributed by atoms with Crippen LogP contribution in [0.2, 0.25) is 0 Å². The smallest absolute Gasteiger partial charge is 0.293 e. The SMILES string of the molecule is N#CC1=C(N)N(c2ccccc2[N+](=O)[O-])C2=C(C(=O)CCC2)C1c1ccc(F)cc1. The number of allylic oxidation sites excluding steroid dienone is 3. The molecule has 2 aromatic carbocycles. The quantitative estimate of drug-likeness (QED) is 0.610. The summed E-state index contributed by atoms with van der Waals surface area (Å²) in [5.74, 6) is -1.28. The highest BCUT2D eigenvalue weighted by Crippen LogP contribution is 2.47. The Morgan fingerprint density at radius 3 is 2.53 bits per heavy atom. The lowest BCUT2D eigenvalue weighted by molar-refractivity contribution is -0.384. The summed E-state index contributed by atoms with van der Waals surface area (Å²) in [4.78, 5) is 25.5. The summed E-state index contributed by atoms with van der Waals surface area (Å²) in [6, 6.07) is 13.7. The van der Waals surface area contributed by atoms with Crippen molar-refractivity contribution >= 4 is 17.2 Å². The third-order valence-electron chi connectivity index (χ3n) is 5.44. The fraction of sp³-hybridized carbons (Fsp3) is 0.182. The Balaban J connectivity index is 2.00. The van der Waals surface area contributed by atoms with Crippen LogP contribution >= 0.6 is 0 Å². The number of carbonyl (C=O) groups is 1. The number of hydrogen-bond donors (Lipinski definition) is 1. The molecule has 4 rings (SSSR count). The largest absolute Gasteiger partial charge is 0.384 e. The maximum absolute atomic E-state index is 13.5. The lowest BCUT2D eigenvalue weighted by Gasteiger charge is -2.39. The standard InChI is InChI=1S/C22H17FN4O3/c23-14-10-8-13(9-11-14)20-15(12-24)22(25)26(18-6-3-7-19(28)21(18)20)16-4-1-2-5-17(16)27(29)30/h1-2,4-5,8-11,20H,3,6-7,25H2. The molecule has 30 heavy (non-hydrogen) atoms. The molecule has 1 aliphatic heterocycles. The van der Waals surface area contributed by atoms with Gasteiger partial charge in [-0.1, -0.05) is 24.3 Å². The average molecular weight is 404 g/mol. The van der Waals surface area contributed by atoms with Gasteiger partial charge in [-0.05, 0) is 36.6 Å². The fourth-order valence-corrected chi connectivity index (χ4v) is 4.16. The molecule has 0 aromatic heterocycles. The van der Waals surface area contributed by atoms with Gasteiger partial charge in [0.1, 0.15) is 17.3 Å². The molecule has 2 aromatic rings. The molecule has 1 heterocycles. The summed E-state index contributed by atoms with van der Waals surface area (Å²) < 4.78 is 13.5. The van der Waals surface area contributed by atoms with Crippen molar-refractivity contribution in [2.45, 2.75) is 25.2 Å². The molecule has 0 fully saturated rings. The zero-order chi connectivity index (χ0) is 21.4. The number of Topliss-reactive ketones (excluding diaryl/α,β-unsaturated/α-hetero) is 1. The monoisotopic (exact) mass is 404 g/mol. The summed E-state index contributed by atoms with van der Waals surface area (Å²) in [5.41, 5.74) is 8.02. The van der Waals surface area contributed by atoms with Crippen molar-refractivity contribution in [3.8, 4) is 6.07 Å². The van der Waals surface area contributed by atoms with E-state index in [9.17, 15) is 24.6 Å². The van der Waals surface area contributed by atoms with Gasteiger partial charge in [-0.2, -0.15) is 5.26 Å². The van der Waals surface area contributed by atoms with Crippen molar-refractivity contribution in [1.29, 1.82) is 5.26 Å². The topological polar surface area (TPSA) is 113 Å². The number of nitriles is 1. The molecule has 1 aliphatic carbocycles. The third-order valence-corrected chi connectivity index (χ3v) is 5.44. The van der Waals surface area contributed by atoms with Crippen molar-refractivity contribution in [2.75, 3.05) is 4.90 Å². The van der Waals surface area contributed by atoms with Gasteiger partial charge in [-0.3, -0.25) is 19.8 Å². The van der Waals surface area contributed by atoms with Crippen LogP contribution in [-0.2, 0) is 4.79 Å². The van der Waals surface area contributed by atoms with Crippen LogP contribution in [0.25, 0.3) is 0 Å². The first-order chi connectivity index (χ1) is 14.4. The van der Waals surface area contributed by atoms with E-state index in [1.54, 1.807) is 18.2 Å². The number of anilines is 1. The van der Waals surface area contributed by atoms with Gasteiger partial charge >= 0.3 is 0 Å². The first-order valence-corrected chi connectivity index (χ1v) is 9.39. The summed E-state index contributed by atoms with van der Waals surface area (Å²) in [6.07, 6.45) is 1.35. The molecule has 1 atom stereocenters. The number of nitro groups is 1. The summed E-state index contributed by atoms with van der Waals surface area (Å²) in [7, 11) is 0. The lowest BCUT2D eigenvalue weighted by atomic mass is 9.75. The number of ketones is 1. The normalized spacial score (nSPS) is 18.9. The van der Waals surface area contributed by atoms with Crippen LogP contribution in [0.3, 0.4) is 0 Å². The number of para-hydroxylation sites is 2. The number of rotatable bonds is 3. The van der Waals surface area contributed by atoms with Crippen LogP contribution in [0.1, 0.15) is 30.7 Å². The predicted octanol–water partition coefficient (Wildman–Crippen LogP) is 4.04. The van der Waals surface area contributed by atoms with Gasteiger partial charge in [0, 0.05) is 23.8 Å². The molecule has 1 unspecified atom stereocenters. The first kappa shape index (κ1) is 19.3. The number of hydrogen-bond acceptors (Lipinski definition) is 6. The van der Waals surface area contributed by atoms with E-state index >= 15 is 0 Å². The molecule has 2 N–H and O–H groups in total. The van der Waals surface area contributed by atoms with Crippen LogP contribution in [0.4, 0.5) is 15.8 Å². The zero-order valence-electron chi connectivity index (χ0n) is 15.8. The van der Waals surface area contributed by atoms with Gasteiger partial charge in [0.25, 0.3) is 5.69 Å². The second-order valence-electron chi connectivity index (χ2n) is 7.11. The number of nitrogens with two attached hydrogens (primary N) is 1. The van der Waals surface area contributed by atoms with Gasteiger partial charge in [-0.25, -0.2) is 4.39 Å². The minimum Gasteiger partial charge on any atom is -0.384 e. The third kappa shape index (κ3) is 3.01. The number of nitro benzene ring substituents is 1. The summed E-state index contributed by atoms with van der Waals surface area (Å²) in [6.45, 7) is 0. The number of carbonyl (C=O) groups excluding carboxylic acids is 1. The van der Waals surface area contributed by atoms with E-state index in [4.69, 9.17) is 5.73 Å². The van der Waals surface area contributed by atoms with Crippen LogP contribution in [-0.4, -0.2) is 10.7 Å². The molecule has 7 nitrogen and oxygen atoms in total. The Hall–Kier alpha value is -3.99. The Morgan fingerprint density at radius 2 is 1.87 bits per heavy atom. The maximum Gasteiger partial charge on any atom is 0.293 e. The molecule has 2 aliphatic rings. The van der Waals surface area contributed by atoms with Gasteiger partial charge < -0.3 is 5.73 Å². The second kappa shape index (κ2) is 7.44. The molecule has 0 saturated carbocycles. The number of benzene rings is 2. The Bertz CT molecular complexity index is 1160. The molecular formula is C22H17FN4O3. The van der Waals surface area contributed by atoms with Gasteiger partial charge in [0.15, 0.2) is 5.78 Å². The molecule has 150 valence electrons. The van der Waals surface area contributed by atoms with Gasteiger partial charge in [0.2, 0.25) is 0 Å². The van der Waals surface area contributed by atoms with Gasteiger partial charge in [0.05, 0.1) is 22.5 Å². The van der Waals surface area contributed by atoms with Crippen LogP contribution in [0.5, 0.6) is 0 Å². The minimum atomic E-state index is -0.739. The fourth-order valence-electron chi connectivity index (χ4n) is 4.16. The average Bonchev–Trinajstić information content (AvgIpc) is 2.74. The number of halogens is 1. The highest BCUT2D eigenvalue weighted by molar-refractivity contribution is 6.01. The molecule has 0 spiro atoms. The molecule has 0 saturated heterocycles. The zero-order valence-corrected chi connectivity index (χ0v) is 15.8. The number of nitrogens with zero attached hydrogens (tertiary/aromatic N) is 3. The lowest BCUT2D eigenvalue weighted by Crippen LogP contribution is -2.39. The Kier molecular flexibility index (Phi) is 4.80. The maximum atomic E-state index is 13.5. The molecule has 8 heteroatoms. The second-order valence-corrected chi connectivity index (χ2v) is 7.11. The minimum absolute atomic E-state index is 0.0366. The molecule has 0 amide bonds. The van der Waals surface area contributed by atoms with Gasteiger partial charge in [-0.15, -0.1) is 0 Å². The van der Waals surface area contributed by atoms with Crippen LogP contribution in [0, 0.1) is 27.3 Å². The van der Waals surface area contributed by atoms with Crippen LogP contribution < -0.4 is 10.6 Å². The highest BCUT2D eigenvalue weighted by atomic mass is 19.1. The highest BCUT2D eigenvalue weighted by Gasteiger charge is 2.41. The van der Waals surface area contributed by atoms with Crippen molar-refractivity contribution < 1.29 is 14.1 Å². The van der Waals surface area contributed by atoms with Crippen molar-refractivity contribution in [2.24, 2.45) is 5.73 Å². The van der Waals surface area contributed by atoms with E-state index in [2.05, 4.69) is 6.07 Å². The van der Waals surface area contributed by atoms with E-state index in [-0.39, 0.29) is 28.6 Å². The van der Waals surface area contributed by atoms with E-state index in [0.717, 1.165) is 0 Å². The molecule has 0 radical (unpaired) electrons.